The van der Waals surface area contributed by atoms with Crippen molar-refractivity contribution in [3.63, 3.8) is 0 Å². The second kappa shape index (κ2) is 3.10. The third-order valence-corrected chi connectivity index (χ3v) is 2.87. The molecule has 0 aromatic carbocycles. The molecule has 7 heteroatoms. The van der Waals surface area contributed by atoms with Gasteiger partial charge >= 0.3 is 5.97 Å². The van der Waals surface area contributed by atoms with Gasteiger partial charge in [0.25, 0.3) is 0 Å². The molecule has 0 bridgehead atoms. The van der Waals surface area contributed by atoms with Gasteiger partial charge in [-0.3, -0.25) is 0 Å². The summed E-state index contributed by atoms with van der Waals surface area (Å²) < 4.78 is 26.9. The van der Waals surface area contributed by atoms with Crippen LogP contribution in [0.25, 0.3) is 0 Å². The van der Waals surface area contributed by atoms with Crippen LogP contribution in [0.5, 0.6) is 0 Å². The maximum absolute atomic E-state index is 11.0. The van der Waals surface area contributed by atoms with Crippen molar-refractivity contribution < 1.29 is 22.7 Å². The zero-order chi connectivity index (χ0) is 11.1. The lowest BCUT2D eigenvalue weighted by Gasteiger charge is -1.96. The number of nitrogens with two attached hydrogens (primary N) is 1. The number of hydrogen-bond acceptors (Lipinski definition) is 4. The van der Waals surface area contributed by atoms with E-state index in [0.29, 0.717) is 0 Å². The fourth-order valence-electron chi connectivity index (χ4n) is 1.09. The predicted octanol–water partition coefficient (Wildman–Crippen LogP) is 0.242. The van der Waals surface area contributed by atoms with Crippen molar-refractivity contribution in [3.05, 3.63) is 17.1 Å². The Morgan fingerprint density at radius 2 is 1.93 bits per heavy atom. The van der Waals surface area contributed by atoms with E-state index in [-0.39, 0.29) is 11.3 Å². The SMILES string of the molecule is Cc1oc(C(=O)O)c(S(N)(=O)=O)c1C. The van der Waals surface area contributed by atoms with Gasteiger partial charge in [0.1, 0.15) is 10.7 Å². The summed E-state index contributed by atoms with van der Waals surface area (Å²) in [5.41, 5.74) is 0.227. The number of rotatable bonds is 2. The average Bonchev–Trinajstić information content (AvgIpc) is 2.27. The smallest absolute Gasteiger partial charge is 0.373 e. The van der Waals surface area contributed by atoms with Gasteiger partial charge in [0.05, 0.1) is 0 Å². The Kier molecular flexibility index (Phi) is 2.38. The molecule has 0 saturated heterocycles. The number of carboxylic acid groups (broad SMARTS) is 1. The third kappa shape index (κ3) is 1.64. The zero-order valence-corrected chi connectivity index (χ0v) is 8.38. The van der Waals surface area contributed by atoms with E-state index in [1.807, 2.05) is 0 Å². The molecule has 1 heterocycles. The van der Waals surface area contributed by atoms with Crippen molar-refractivity contribution >= 4 is 16.0 Å². The highest BCUT2D eigenvalue weighted by Gasteiger charge is 2.27. The molecule has 1 aromatic heterocycles. The molecule has 0 unspecified atom stereocenters. The molecule has 0 amide bonds. The van der Waals surface area contributed by atoms with Crippen LogP contribution in [0.1, 0.15) is 21.9 Å². The van der Waals surface area contributed by atoms with E-state index in [1.165, 1.54) is 13.8 Å². The number of sulfonamides is 1. The Balaban J connectivity index is 3.63. The Hall–Kier alpha value is -1.34. The summed E-state index contributed by atoms with van der Waals surface area (Å²) in [4.78, 5) is 10.2. The van der Waals surface area contributed by atoms with Crippen LogP contribution in [-0.2, 0) is 10.0 Å². The maximum Gasteiger partial charge on any atom is 0.373 e. The summed E-state index contributed by atoms with van der Waals surface area (Å²) in [6, 6.07) is 0. The van der Waals surface area contributed by atoms with E-state index in [1.54, 1.807) is 0 Å². The molecular weight excluding hydrogens is 210 g/mol. The van der Waals surface area contributed by atoms with Crippen LogP contribution >= 0.6 is 0 Å². The van der Waals surface area contributed by atoms with Gasteiger partial charge in [-0.1, -0.05) is 0 Å². The fraction of sp³-hybridized carbons (Fsp3) is 0.286. The molecule has 3 N–H and O–H groups in total. The molecule has 1 rings (SSSR count). The van der Waals surface area contributed by atoms with Crippen molar-refractivity contribution in [2.75, 3.05) is 0 Å². The number of aryl methyl sites for hydroxylation is 1. The van der Waals surface area contributed by atoms with Crippen LogP contribution in [-0.4, -0.2) is 19.5 Å². The molecule has 0 aliphatic carbocycles. The van der Waals surface area contributed by atoms with Crippen LogP contribution in [0.4, 0.5) is 0 Å². The molecule has 0 saturated carbocycles. The largest absolute Gasteiger partial charge is 0.475 e. The van der Waals surface area contributed by atoms with Gasteiger partial charge in [-0.2, -0.15) is 0 Å². The summed E-state index contributed by atoms with van der Waals surface area (Å²) in [6.07, 6.45) is 0. The standard InChI is InChI=1S/C7H9NO5S/c1-3-4(2)13-5(7(9)10)6(3)14(8,11)12/h1-2H3,(H,9,10)(H2,8,11,12). The number of hydrogen-bond donors (Lipinski definition) is 2. The van der Waals surface area contributed by atoms with Gasteiger partial charge < -0.3 is 9.52 Å². The Bertz CT molecular complexity index is 484. The Morgan fingerprint density at radius 3 is 2.21 bits per heavy atom. The predicted molar refractivity (Wildman–Crippen MR) is 46.5 cm³/mol. The summed E-state index contributed by atoms with van der Waals surface area (Å²) >= 11 is 0. The first-order chi connectivity index (χ1) is 6.25. The van der Waals surface area contributed by atoms with E-state index in [0.717, 1.165) is 0 Å². The fourth-order valence-corrected chi connectivity index (χ4v) is 2.05. The Morgan fingerprint density at radius 1 is 1.43 bits per heavy atom. The van der Waals surface area contributed by atoms with Crippen LogP contribution in [0.15, 0.2) is 9.31 Å². The molecule has 14 heavy (non-hydrogen) atoms. The lowest BCUT2D eigenvalue weighted by molar-refractivity contribution is 0.0655. The first kappa shape index (κ1) is 10.7. The van der Waals surface area contributed by atoms with Gasteiger partial charge in [-0.15, -0.1) is 0 Å². The van der Waals surface area contributed by atoms with Crippen molar-refractivity contribution in [2.45, 2.75) is 18.7 Å². The van der Waals surface area contributed by atoms with Crippen molar-refractivity contribution in [1.82, 2.24) is 0 Å². The molecule has 1 aromatic rings. The number of furan rings is 1. The van der Waals surface area contributed by atoms with E-state index < -0.39 is 26.6 Å². The first-order valence-electron chi connectivity index (χ1n) is 3.61. The highest BCUT2D eigenvalue weighted by atomic mass is 32.2. The highest BCUT2D eigenvalue weighted by molar-refractivity contribution is 7.89. The molecule has 0 fully saturated rings. The molecule has 0 atom stereocenters. The van der Waals surface area contributed by atoms with Gasteiger partial charge in [-0.25, -0.2) is 18.4 Å². The van der Waals surface area contributed by atoms with Gasteiger partial charge in [0.15, 0.2) is 0 Å². The molecular formula is C7H9NO5S. The second-order valence-corrected chi connectivity index (χ2v) is 4.29. The van der Waals surface area contributed by atoms with Crippen molar-refractivity contribution in [2.24, 2.45) is 5.14 Å². The zero-order valence-electron chi connectivity index (χ0n) is 7.57. The van der Waals surface area contributed by atoms with Crippen molar-refractivity contribution in [1.29, 1.82) is 0 Å². The van der Waals surface area contributed by atoms with E-state index in [4.69, 9.17) is 14.7 Å². The van der Waals surface area contributed by atoms with Crippen molar-refractivity contribution in [3.8, 4) is 0 Å². The maximum atomic E-state index is 11.0. The molecule has 0 radical (unpaired) electrons. The molecule has 0 spiro atoms. The minimum atomic E-state index is -4.06. The topological polar surface area (TPSA) is 111 Å². The summed E-state index contributed by atoms with van der Waals surface area (Å²) in [7, 11) is -4.06. The quantitative estimate of drug-likeness (QED) is 0.740. The van der Waals surface area contributed by atoms with E-state index >= 15 is 0 Å². The normalized spacial score (nSPS) is 11.6. The van der Waals surface area contributed by atoms with Gasteiger partial charge in [0.2, 0.25) is 15.8 Å². The van der Waals surface area contributed by atoms with Gasteiger partial charge in [-0.05, 0) is 13.8 Å². The van der Waals surface area contributed by atoms with Crippen LogP contribution < -0.4 is 5.14 Å². The number of primary sulfonamides is 1. The van der Waals surface area contributed by atoms with Crippen LogP contribution in [0.2, 0.25) is 0 Å². The summed E-state index contributed by atoms with van der Waals surface area (Å²) in [5, 5.41) is 13.5. The van der Waals surface area contributed by atoms with Crippen LogP contribution in [0, 0.1) is 13.8 Å². The minimum Gasteiger partial charge on any atom is -0.475 e. The number of carboxylic acids is 1. The monoisotopic (exact) mass is 219 g/mol. The summed E-state index contributed by atoms with van der Waals surface area (Å²) in [5.74, 6) is -1.86. The Labute approximate surface area is 80.4 Å². The molecule has 0 aliphatic rings. The summed E-state index contributed by atoms with van der Waals surface area (Å²) in [6.45, 7) is 2.90. The average molecular weight is 219 g/mol. The van der Waals surface area contributed by atoms with Crippen LogP contribution in [0.3, 0.4) is 0 Å². The number of carbonyl (C=O) groups is 1. The second-order valence-electron chi connectivity index (χ2n) is 2.79. The highest BCUT2D eigenvalue weighted by Crippen LogP contribution is 2.24. The molecule has 6 nitrogen and oxygen atoms in total. The van der Waals surface area contributed by atoms with E-state index in [2.05, 4.69) is 0 Å². The van der Waals surface area contributed by atoms with E-state index in [9.17, 15) is 13.2 Å². The third-order valence-electron chi connectivity index (χ3n) is 1.81. The lowest BCUT2D eigenvalue weighted by Crippen LogP contribution is -2.16. The van der Waals surface area contributed by atoms with Gasteiger partial charge in [0, 0.05) is 5.56 Å². The lowest BCUT2D eigenvalue weighted by atomic mass is 10.3. The minimum absolute atomic E-state index is 0.227. The first-order valence-corrected chi connectivity index (χ1v) is 5.16. The molecule has 0 aliphatic heterocycles. The number of aromatic carboxylic acids is 1. The molecule has 78 valence electrons.